The van der Waals surface area contributed by atoms with Crippen LogP contribution in [-0.4, -0.2) is 29.0 Å². The van der Waals surface area contributed by atoms with E-state index in [4.69, 9.17) is 4.52 Å². The van der Waals surface area contributed by atoms with Crippen molar-refractivity contribution in [2.75, 3.05) is 12.8 Å². The van der Waals surface area contributed by atoms with Crippen molar-refractivity contribution in [1.82, 2.24) is 15.5 Å². The second-order valence-electron chi connectivity index (χ2n) is 4.55. The maximum atomic E-state index is 5.26. The van der Waals surface area contributed by atoms with Crippen molar-refractivity contribution in [3.8, 4) is 0 Å². The summed E-state index contributed by atoms with van der Waals surface area (Å²) in [7, 11) is 1.93. The van der Waals surface area contributed by atoms with Gasteiger partial charge in [-0.2, -0.15) is 4.98 Å². The first-order valence-corrected chi connectivity index (χ1v) is 8.32. The Hall–Kier alpha value is -0.560. The number of hydrogen-bond acceptors (Lipinski definition) is 5. The second-order valence-corrected chi connectivity index (χ2v) is 6.63. The predicted molar refractivity (Wildman–Crippen MR) is 92.3 cm³/mol. The topological polar surface area (TPSA) is 51.0 Å². The molecule has 1 N–H and O–H groups in total. The molecule has 0 amide bonds. The number of aryl methyl sites for hydroxylation is 1. The maximum absolute atomic E-state index is 5.26. The zero-order valence-corrected chi connectivity index (χ0v) is 15.2. The molecule has 0 fully saturated rings. The highest BCUT2D eigenvalue weighted by Crippen LogP contribution is 2.21. The van der Waals surface area contributed by atoms with E-state index in [1.54, 1.807) is 11.8 Å². The summed E-state index contributed by atoms with van der Waals surface area (Å²) in [5, 5.41) is 7.16. The quantitative estimate of drug-likeness (QED) is 0.727. The summed E-state index contributed by atoms with van der Waals surface area (Å²) in [5.41, 5.74) is 0. The highest BCUT2D eigenvalue weighted by atomic mass is 79.9. The van der Waals surface area contributed by atoms with Crippen molar-refractivity contribution in [2.45, 2.75) is 30.7 Å². The molecule has 0 bridgehead atoms. The van der Waals surface area contributed by atoms with Crippen molar-refractivity contribution < 1.29 is 4.52 Å². The third-order valence-electron chi connectivity index (χ3n) is 2.89. The van der Waals surface area contributed by atoms with Crippen LogP contribution in [0.2, 0.25) is 0 Å². The van der Waals surface area contributed by atoms with Crippen LogP contribution >= 0.6 is 40.1 Å². The minimum Gasteiger partial charge on any atom is -0.339 e. The fraction of sp³-hybridized carbons (Fsp3) is 0.429. The first kappa shape index (κ1) is 18.5. The number of nitrogens with zero attached hydrogens (tertiary/aromatic N) is 2. The van der Waals surface area contributed by atoms with E-state index in [-0.39, 0.29) is 12.4 Å². The van der Waals surface area contributed by atoms with E-state index in [2.05, 4.69) is 50.4 Å². The molecule has 4 nitrogen and oxygen atoms in total. The fourth-order valence-corrected chi connectivity index (χ4v) is 2.74. The van der Waals surface area contributed by atoms with Crippen molar-refractivity contribution >= 4 is 40.1 Å². The van der Waals surface area contributed by atoms with E-state index in [0.717, 1.165) is 28.9 Å². The van der Waals surface area contributed by atoms with E-state index in [0.29, 0.717) is 11.9 Å². The fourth-order valence-electron chi connectivity index (χ4n) is 1.64. The minimum absolute atomic E-state index is 0. The summed E-state index contributed by atoms with van der Waals surface area (Å²) in [6.45, 7) is 2.10. The van der Waals surface area contributed by atoms with Gasteiger partial charge in [-0.05, 0) is 38.2 Å². The minimum atomic E-state index is 0. The number of thioether (sulfide) groups is 1. The summed E-state index contributed by atoms with van der Waals surface area (Å²) in [4.78, 5) is 5.65. The molecule has 2 rings (SSSR count). The first-order chi connectivity index (χ1) is 9.67. The lowest BCUT2D eigenvalue weighted by Crippen LogP contribution is -2.24. The van der Waals surface area contributed by atoms with Gasteiger partial charge in [-0.25, -0.2) is 0 Å². The van der Waals surface area contributed by atoms with Crippen LogP contribution in [0, 0.1) is 0 Å². The predicted octanol–water partition coefficient (Wildman–Crippen LogP) is 3.74. The lowest BCUT2D eigenvalue weighted by Gasteiger charge is -2.04. The van der Waals surface area contributed by atoms with E-state index in [9.17, 15) is 0 Å². The molecule has 0 aliphatic heterocycles. The Morgan fingerprint density at radius 3 is 2.71 bits per heavy atom. The lowest BCUT2D eigenvalue weighted by atomic mass is 10.2. The van der Waals surface area contributed by atoms with Gasteiger partial charge in [-0.3, -0.25) is 0 Å². The van der Waals surface area contributed by atoms with Crippen molar-refractivity contribution in [1.29, 1.82) is 0 Å². The van der Waals surface area contributed by atoms with E-state index >= 15 is 0 Å². The van der Waals surface area contributed by atoms with Gasteiger partial charge < -0.3 is 9.84 Å². The van der Waals surface area contributed by atoms with E-state index in [1.807, 2.05) is 19.2 Å². The molecule has 0 aliphatic rings. The van der Waals surface area contributed by atoms with Crippen LogP contribution in [0.15, 0.2) is 38.2 Å². The van der Waals surface area contributed by atoms with Crippen LogP contribution < -0.4 is 5.32 Å². The molecule has 2 aromatic rings. The summed E-state index contributed by atoms with van der Waals surface area (Å²) in [6, 6.07) is 8.65. The highest BCUT2D eigenvalue weighted by molar-refractivity contribution is 9.10. The number of halogens is 2. The Morgan fingerprint density at radius 2 is 2.05 bits per heavy atom. The molecule has 1 heterocycles. The Balaban J connectivity index is 0.00000220. The molecule has 21 heavy (non-hydrogen) atoms. The van der Waals surface area contributed by atoms with Crippen molar-refractivity contribution in [2.24, 2.45) is 0 Å². The number of nitrogens with one attached hydrogen (secondary N) is 1. The molecule has 0 spiro atoms. The molecule has 0 saturated heterocycles. The number of hydrogen-bond donors (Lipinski definition) is 1. The van der Waals surface area contributed by atoms with Gasteiger partial charge in [0.15, 0.2) is 5.82 Å². The van der Waals surface area contributed by atoms with Gasteiger partial charge in [0, 0.05) is 34.0 Å². The Morgan fingerprint density at radius 1 is 1.33 bits per heavy atom. The zero-order valence-electron chi connectivity index (χ0n) is 12.0. The number of likely N-dealkylation sites (N-methyl/N-ethyl adjacent to an activating group) is 1. The van der Waals surface area contributed by atoms with Crippen LogP contribution in [0.1, 0.15) is 18.6 Å². The second kappa shape index (κ2) is 9.46. The Labute approximate surface area is 144 Å². The summed E-state index contributed by atoms with van der Waals surface area (Å²) < 4.78 is 6.36. The summed E-state index contributed by atoms with van der Waals surface area (Å²) >= 11 is 5.22. The largest absolute Gasteiger partial charge is 0.339 e. The number of aromatic nitrogens is 2. The maximum Gasteiger partial charge on any atom is 0.227 e. The van der Waals surface area contributed by atoms with Crippen molar-refractivity contribution in [3.05, 3.63) is 40.5 Å². The third kappa shape index (κ3) is 6.38. The molecule has 0 aliphatic carbocycles. The number of rotatable bonds is 7. The molecule has 0 saturated carbocycles. The van der Waals surface area contributed by atoms with Gasteiger partial charge in [0.2, 0.25) is 5.89 Å². The van der Waals surface area contributed by atoms with Gasteiger partial charge >= 0.3 is 0 Å². The molecular weight excluding hydrogens is 374 g/mol. The van der Waals surface area contributed by atoms with Gasteiger partial charge in [0.05, 0.1) is 0 Å². The van der Waals surface area contributed by atoms with Crippen LogP contribution in [-0.2, 0) is 12.8 Å². The van der Waals surface area contributed by atoms with Crippen LogP contribution in [0.4, 0.5) is 0 Å². The van der Waals surface area contributed by atoms with Gasteiger partial charge in [-0.15, -0.1) is 24.2 Å². The Kier molecular flexibility index (Phi) is 8.33. The van der Waals surface area contributed by atoms with E-state index in [1.165, 1.54) is 4.90 Å². The van der Waals surface area contributed by atoms with Crippen LogP contribution in [0.5, 0.6) is 0 Å². The van der Waals surface area contributed by atoms with Crippen LogP contribution in [0.3, 0.4) is 0 Å². The van der Waals surface area contributed by atoms with Gasteiger partial charge in [0.1, 0.15) is 0 Å². The first-order valence-electron chi connectivity index (χ1n) is 6.54. The normalized spacial score (nSPS) is 12.0. The zero-order chi connectivity index (χ0) is 14.4. The highest BCUT2D eigenvalue weighted by Gasteiger charge is 2.09. The lowest BCUT2D eigenvalue weighted by molar-refractivity contribution is 0.375. The van der Waals surface area contributed by atoms with Gasteiger partial charge in [0.25, 0.3) is 0 Å². The standard InChI is InChI=1S/C14H18BrN3OS.ClH/c1-10(16-2)9-13-17-14(19-18-13)7-8-20-12-5-3-11(15)4-6-12;/h3-6,10,16H,7-9H2,1-2H3;1H. The molecule has 1 aromatic carbocycles. The molecule has 1 unspecified atom stereocenters. The average molecular weight is 393 g/mol. The monoisotopic (exact) mass is 391 g/mol. The number of benzene rings is 1. The van der Waals surface area contributed by atoms with Crippen LogP contribution in [0.25, 0.3) is 0 Å². The SMILES string of the molecule is CNC(C)Cc1noc(CCSc2ccc(Br)cc2)n1.Cl. The molecule has 0 radical (unpaired) electrons. The molecule has 1 aromatic heterocycles. The molecular formula is C14H19BrClN3OS. The molecule has 1 atom stereocenters. The van der Waals surface area contributed by atoms with E-state index < -0.39 is 0 Å². The summed E-state index contributed by atoms with van der Waals surface area (Å²) in [6.07, 6.45) is 1.58. The summed E-state index contributed by atoms with van der Waals surface area (Å²) in [5.74, 6) is 2.42. The average Bonchev–Trinajstić information content (AvgIpc) is 2.88. The third-order valence-corrected chi connectivity index (χ3v) is 4.43. The van der Waals surface area contributed by atoms with Crippen molar-refractivity contribution in [3.63, 3.8) is 0 Å². The van der Waals surface area contributed by atoms with Gasteiger partial charge in [-0.1, -0.05) is 21.1 Å². The molecule has 7 heteroatoms. The molecule has 116 valence electrons. The Bertz CT molecular complexity index is 535. The smallest absolute Gasteiger partial charge is 0.227 e.